The number of hydrogen-bond acceptors (Lipinski definition) is 0. The lowest BCUT2D eigenvalue weighted by Gasteiger charge is -2.66. The molecule has 25 heavy (non-hydrogen) atoms. The molecule has 6 aliphatic carbocycles. The largest absolute Gasteiger partial charge is 0.150 e. The highest BCUT2D eigenvalue weighted by Crippen LogP contribution is 2.69. The van der Waals surface area contributed by atoms with Gasteiger partial charge in [0.05, 0.1) is 0 Å². The fraction of sp³-hybridized carbons (Fsp3) is 0.917. The molecule has 1 heteroatoms. The van der Waals surface area contributed by atoms with Gasteiger partial charge in [0.25, 0.3) is 0 Å². The van der Waals surface area contributed by atoms with E-state index < -0.39 is 0 Å². The lowest BCUT2D eigenvalue weighted by molar-refractivity contribution is -0.107. The van der Waals surface area contributed by atoms with Crippen molar-refractivity contribution in [1.29, 1.82) is 0 Å². The highest BCUT2D eigenvalue weighted by molar-refractivity contribution is 6.62. The van der Waals surface area contributed by atoms with Gasteiger partial charge in [-0.2, -0.15) is 0 Å². The minimum Gasteiger partial charge on any atom is -0.0960 e. The predicted octanol–water partition coefficient (Wildman–Crippen LogP) is 7.20. The van der Waals surface area contributed by atoms with Crippen LogP contribution in [0.5, 0.6) is 0 Å². The Morgan fingerprint density at radius 1 is 0.800 bits per heavy atom. The Morgan fingerprint density at radius 2 is 1.24 bits per heavy atom. The van der Waals surface area contributed by atoms with Gasteiger partial charge in [-0.3, -0.25) is 0 Å². The summed E-state index contributed by atoms with van der Waals surface area (Å²) in [4.78, 5) is 0. The molecule has 6 rings (SSSR count). The van der Waals surface area contributed by atoms with E-state index >= 15 is 0 Å². The first-order chi connectivity index (χ1) is 11.7. The van der Waals surface area contributed by atoms with Crippen molar-refractivity contribution < 1.29 is 0 Å². The van der Waals surface area contributed by atoms with E-state index in [9.17, 15) is 0 Å². The minimum absolute atomic E-state index is 0.628. The van der Waals surface area contributed by atoms with Crippen molar-refractivity contribution in [1.82, 2.24) is 0 Å². The smallest absolute Gasteiger partial charge is 0.0960 e. The van der Waals surface area contributed by atoms with E-state index in [0.29, 0.717) is 10.8 Å². The molecule has 0 nitrogen and oxygen atoms in total. The summed E-state index contributed by atoms with van der Waals surface area (Å²) in [6.45, 7) is 18.6. The van der Waals surface area contributed by atoms with Crippen LogP contribution in [0.4, 0.5) is 0 Å². The molecular formula is C24H41B. The van der Waals surface area contributed by atoms with E-state index in [-0.39, 0.29) is 0 Å². The lowest BCUT2D eigenvalue weighted by Crippen LogP contribution is -2.59. The molecule has 0 saturated heterocycles. The van der Waals surface area contributed by atoms with E-state index in [1.54, 1.807) is 0 Å². The average Bonchev–Trinajstić information content (AvgIpc) is 2.56. The molecule has 8 atom stereocenters. The van der Waals surface area contributed by atoms with Crippen LogP contribution in [-0.4, -0.2) is 6.71 Å². The van der Waals surface area contributed by atoms with Gasteiger partial charge in [0.2, 0.25) is 0 Å². The molecule has 6 saturated carbocycles. The number of rotatable bonds is 4. The summed E-state index contributed by atoms with van der Waals surface area (Å²) >= 11 is 0. The van der Waals surface area contributed by atoms with Gasteiger partial charge in [-0.1, -0.05) is 84.5 Å². The van der Waals surface area contributed by atoms with Crippen molar-refractivity contribution in [3.8, 4) is 0 Å². The monoisotopic (exact) mass is 340 g/mol. The van der Waals surface area contributed by atoms with Gasteiger partial charge in [-0.25, -0.2) is 0 Å². The van der Waals surface area contributed by atoms with Crippen molar-refractivity contribution >= 4 is 6.71 Å². The van der Waals surface area contributed by atoms with Gasteiger partial charge in [-0.15, -0.1) is 0 Å². The zero-order valence-corrected chi connectivity index (χ0v) is 17.9. The van der Waals surface area contributed by atoms with Gasteiger partial charge in [-0.05, 0) is 66.1 Å². The van der Waals surface area contributed by atoms with Gasteiger partial charge in [0.1, 0.15) is 0 Å². The second-order valence-corrected chi connectivity index (χ2v) is 11.7. The van der Waals surface area contributed by atoms with Crippen molar-refractivity contribution in [3.63, 3.8) is 0 Å². The molecule has 0 aliphatic heterocycles. The standard InChI is InChI=1S/C24H41B/c1-8-9-10-25(21-13-17-11-19(15(21)2)23(17,4)5)22-14-18-12-20(16(22)3)24(18,6)7/h8-9,15-22H,10-14H2,1-7H3/b9-8+/t15-,16-,17-,18-,19+,20+,21-,22-/m0/s1. The first-order valence-electron chi connectivity index (χ1n) is 11.3. The van der Waals surface area contributed by atoms with Gasteiger partial charge in [0, 0.05) is 0 Å². The van der Waals surface area contributed by atoms with Gasteiger partial charge >= 0.3 is 0 Å². The summed E-state index contributed by atoms with van der Waals surface area (Å²) in [5.41, 5.74) is 1.26. The van der Waals surface area contributed by atoms with Crippen LogP contribution in [0.1, 0.15) is 74.1 Å². The van der Waals surface area contributed by atoms with Crippen LogP contribution in [0.2, 0.25) is 18.0 Å². The van der Waals surface area contributed by atoms with Gasteiger partial charge in [0.15, 0.2) is 6.71 Å². The molecule has 4 bridgehead atoms. The highest BCUT2D eigenvalue weighted by atomic mass is 14.6. The molecule has 0 spiro atoms. The van der Waals surface area contributed by atoms with Crippen LogP contribution in [0.3, 0.4) is 0 Å². The minimum atomic E-state index is 0.628. The normalized spacial score (nSPS) is 49.4. The van der Waals surface area contributed by atoms with Crippen molar-refractivity contribution in [2.45, 2.75) is 92.1 Å². The lowest BCUT2D eigenvalue weighted by atomic mass is 9.20. The van der Waals surface area contributed by atoms with Crippen LogP contribution in [0.15, 0.2) is 12.2 Å². The zero-order chi connectivity index (χ0) is 18.1. The Morgan fingerprint density at radius 3 is 1.56 bits per heavy atom. The SMILES string of the molecule is C/C=C/CB([C@H]1C[C@@H]2C[C@H]([C@@H]1C)C2(C)C)[C@H]1C[C@@H]2C[C@H]([C@@H]1C)C2(C)C. The predicted molar refractivity (Wildman–Crippen MR) is 111 cm³/mol. The average molecular weight is 340 g/mol. The molecule has 6 fully saturated rings. The van der Waals surface area contributed by atoms with Crippen LogP contribution >= 0.6 is 0 Å². The first-order valence-corrected chi connectivity index (χ1v) is 11.3. The molecule has 0 amide bonds. The topological polar surface area (TPSA) is 0 Å². The third-order valence-electron chi connectivity index (χ3n) is 10.6. The molecule has 0 aromatic carbocycles. The number of fused-ring (bicyclic) bond motifs is 4. The molecular weight excluding hydrogens is 299 g/mol. The Hall–Kier alpha value is -0.195. The Kier molecular flexibility index (Phi) is 4.29. The van der Waals surface area contributed by atoms with E-state index in [2.05, 4.69) is 60.6 Å². The fourth-order valence-electron chi connectivity index (χ4n) is 8.47. The molecule has 0 unspecified atom stereocenters. The number of allylic oxidation sites excluding steroid dienone is 2. The van der Waals surface area contributed by atoms with E-state index in [1.807, 2.05) is 0 Å². The zero-order valence-electron chi connectivity index (χ0n) is 17.9. The van der Waals surface area contributed by atoms with Crippen molar-refractivity contribution in [3.05, 3.63) is 12.2 Å². The summed E-state index contributed by atoms with van der Waals surface area (Å²) in [5.74, 6) is 7.86. The summed E-state index contributed by atoms with van der Waals surface area (Å²) in [6, 6.07) is 0. The maximum atomic E-state index is 2.62. The van der Waals surface area contributed by atoms with Crippen molar-refractivity contribution in [2.75, 3.05) is 0 Å². The third-order valence-corrected chi connectivity index (χ3v) is 10.6. The maximum absolute atomic E-state index is 2.62. The molecule has 0 aromatic heterocycles. The molecule has 0 radical (unpaired) electrons. The van der Waals surface area contributed by atoms with Crippen LogP contribution < -0.4 is 0 Å². The first kappa shape index (κ1) is 18.2. The molecule has 6 aliphatic rings. The Labute approximate surface area is 157 Å². The molecule has 0 heterocycles. The maximum Gasteiger partial charge on any atom is 0.150 e. The van der Waals surface area contributed by atoms with Gasteiger partial charge < -0.3 is 0 Å². The number of hydrogen-bond donors (Lipinski definition) is 0. The highest BCUT2D eigenvalue weighted by Gasteiger charge is 2.61. The van der Waals surface area contributed by atoms with Crippen molar-refractivity contribution in [2.24, 2.45) is 46.3 Å². The summed E-state index contributed by atoms with van der Waals surface area (Å²) in [7, 11) is 0. The van der Waals surface area contributed by atoms with E-state index in [0.717, 1.165) is 53.9 Å². The fourth-order valence-corrected chi connectivity index (χ4v) is 8.47. The molecule has 0 aromatic rings. The quantitative estimate of drug-likeness (QED) is 0.375. The molecule has 0 N–H and O–H groups in total. The van der Waals surface area contributed by atoms with E-state index in [1.165, 1.54) is 32.0 Å². The summed E-state index contributed by atoms with van der Waals surface area (Å²) in [5, 5.41) is 0. The molecule has 140 valence electrons. The second kappa shape index (κ2) is 5.90. The van der Waals surface area contributed by atoms with Crippen LogP contribution in [0, 0.1) is 46.3 Å². The third kappa shape index (κ3) is 2.46. The van der Waals surface area contributed by atoms with E-state index in [4.69, 9.17) is 0 Å². The Balaban J connectivity index is 1.56. The Bertz CT molecular complexity index is 502. The van der Waals surface area contributed by atoms with Crippen LogP contribution in [-0.2, 0) is 0 Å². The second-order valence-electron chi connectivity index (χ2n) is 11.7. The summed E-state index contributed by atoms with van der Waals surface area (Å²) < 4.78 is 0. The summed E-state index contributed by atoms with van der Waals surface area (Å²) in [6.07, 6.45) is 12.3. The van der Waals surface area contributed by atoms with Crippen LogP contribution in [0.25, 0.3) is 0 Å².